The highest BCUT2D eigenvalue weighted by Gasteiger charge is 2.09. The van der Waals surface area contributed by atoms with Gasteiger partial charge in [-0.25, -0.2) is 14.4 Å². The second-order valence-electron chi connectivity index (χ2n) is 5.09. The Hall–Kier alpha value is -1.97. The van der Waals surface area contributed by atoms with Gasteiger partial charge in [0.2, 0.25) is 0 Å². The van der Waals surface area contributed by atoms with Crippen LogP contribution in [0.3, 0.4) is 0 Å². The first-order valence-corrected chi connectivity index (χ1v) is 6.94. The van der Waals surface area contributed by atoms with Gasteiger partial charge in [0.1, 0.15) is 6.33 Å². The number of rotatable bonds is 5. The van der Waals surface area contributed by atoms with Crippen LogP contribution in [0, 0.1) is 5.82 Å². The van der Waals surface area contributed by atoms with Crippen LogP contribution in [-0.4, -0.2) is 9.97 Å². The van der Waals surface area contributed by atoms with Gasteiger partial charge in [0.25, 0.3) is 0 Å². The van der Waals surface area contributed by atoms with Gasteiger partial charge in [0.15, 0.2) is 11.6 Å². The van der Waals surface area contributed by atoms with Gasteiger partial charge in [-0.2, -0.15) is 0 Å². The van der Waals surface area contributed by atoms with E-state index in [-0.39, 0.29) is 11.6 Å². The third-order valence-electron chi connectivity index (χ3n) is 3.30. The van der Waals surface area contributed by atoms with E-state index >= 15 is 0 Å². The molecule has 3 nitrogen and oxygen atoms in total. The summed E-state index contributed by atoms with van der Waals surface area (Å²) in [6, 6.07) is 8.33. The largest absolute Gasteiger partial charge is 0.363 e. The van der Waals surface area contributed by atoms with Crippen molar-refractivity contribution in [2.45, 2.75) is 39.7 Å². The first-order valence-electron chi connectivity index (χ1n) is 6.94. The zero-order chi connectivity index (χ0) is 14.5. The summed E-state index contributed by atoms with van der Waals surface area (Å²) in [7, 11) is 0. The van der Waals surface area contributed by atoms with Crippen LogP contribution in [0.1, 0.15) is 43.5 Å². The van der Waals surface area contributed by atoms with Gasteiger partial charge in [-0.1, -0.05) is 45.0 Å². The smallest absolute Gasteiger partial charge is 0.186 e. The molecule has 0 bridgehead atoms. The van der Waals surface area contributed by atoms with Crippen molar-refractivity contribution in [3.8, 4) is 0 Å². The third kappa shape index (κ3) is 3.32. The van der Waals surface area contributed by atoms with Crippen molar-refractivity contribution < 1.29 is 4.39 Å². The number of aryl methyl sites for hydroxylation is 1. The monoisotopic (exact) mass is 273 g/mol. The Kier molecular flexibility index (Phi) is 4.66. The fraction of sp³-hybridized carbons (Fsp3) is 0.375. The van der Waals surface area contributed by atoms with E-state index < -0.39 is 0 Å². The van der Waals surface area contributed by atoms with Gasteiger partial charge < -0.3 is 5.32 Å². The lowest BCUT2D eigenvalue weighted by atomic mass is 10.0. The average molecular weight is 273 g/mol. The fourth-order valence-electron chi connectivity index (χ4n) is 1.98. The molecule has 2 rings (SSSR count). The van der Waals surface area contributed by atoms with Crippen molar-refractivity contribution in [1.82, 2.24) is 9.97 Å². The fourth-order valence-corrected chi connectivity index (χ4v) is 1.98. The molecule has 1 aromatic carbocycles. The molecule has 1 heterocycles. The second kappa shape index (κ2) is 6.46. The van der Waals surface area contributed by atoms with E-state index in [4.69, 9.17) is 0 Å². The zero-order valence-electron chi connectivity index (χ0n) is 12.2. The maximum absolute atomic E-state index is 14.0. The number of nitrogens with one attached hydrogen (secondary N) is 1. The molecule has 1 N–H and O–H groups in total. The number of nitrogens with zero attached hydrogens (tertiary/aromatic N) is 2. The Morgan fingerprint density at radius 1 is 1.15 bits per heavy atom. The van der Waals surface area contributed by atoms with E-state index in [9.17, 15) is 4.39 Å². The van der Waals surface area contributed by atoms with Crippen LogP contribution in [0.5, 0.6) is 0 Å². The van der Waals surface area contributed by atoms with Gasteiger partial charge >= 0.3 is 0 Å². The van der Waals surface area contributed by atoms with Crippen molar-refractivity contribution in [3.05, 3.63) is 53.2 Å². The lowest BCUT2D eigenvalue weighted by Crippen LogP contribution is -2.07. The Morgan fingerprint density at radius 3 is 2.45 bits per heavy atom. The van der Waals surface area contributed by atoms with Crippen molar-refractivity contribution in [2.75, 3.05) is 5.32 Å². The van der Waals surface area contributed by atoms with E-state index in [0.29, 0.717) is 24.6 Å². The van der Waals surface area contributed by atoms with E-state index in [1.54, 1.807) is 0 Å². The maximum Gasteiger partial charge on any atom is 0.186 e. The molecule has 2 aromatic rings. The molecule has 20 heavy (non-hydrogen) atoms. The predicted octanol–water partition coefficient (Wildman–Crippen LogP) is 3.91. The minimum Gasteiger partial charge on any atom is -0.363 e. The van der Waals surface area contributed by atoms with Crippen LogP contribution in [0.4, 0.5) is 10.2 Å². The standard InChI is InChI=1S/C16H20FN3/c1-4-14-15(17)16(20-10-19-14)18-9-12-5-7-13(8-6-12)11(2)3/h5-8,10-11H,4,9H2,1-3H3,(H,18,19,20). The van der Waals surface area contributed by atoms with E-state index in [1.165, 1.54) is 11.9 Å². The van der Waals surface area contributed by atoms with Gasteiger partial charge in [0, 0.05) is 6.54 Å². The van der Waals surface area contributed by atoms with Crippen molar-refractivity contribution >= 4 is 5.82 Å². The van der Waals surface area contributed by atoms with Gasteiger partial charge in [-0.3, -0.25) is 0 Å². The Balaban J connectivity index is 2.05. The number of hydrogen-bond donors (Lipinski definition) is 1. The van der Waals surface area contributed by atoms with Crippen molar-refractivity contribution in [3.63, 3.8) is 0 Å². The van der Waals surface area contributed by atoms with E-state index in [1.807, 2.05) is 6.92 Å². The first-order chi connectivity index (χ1) is 9.61. The summed E-state index contributed by atoms with van der Waals surface area (Å²) in [6.45, 7) is 6.75. The summed E-state index contributed by atoms with van der Waals surface area (Å²) in [5.74, 6) is 0.432. The molecular weight excluding hydrogens is 253 g/mol. The minimum absolute atomic E-state index is 0.268. The molecule has 0 unspecified atom stereocenters. The van der Waals surface area contributed by atoms with E-state index in [2.05, 4.69) is 53.4 Å². The SMILES string of the molecule is CCc1ncnc(NCc2ccc(C(C)C)cc2)c1F. The lowest BCUT2D eigenvalue weighted by Gasteiger charge is -2.10. The van der Waals surface area contributed by atoms with Crippen LogP contribution >= 0.6 is 0 Å². The van der Waals surface area contributed by atoms with Crippen molar-refractivity contribution in [1.29, 1.82) is 0 Å². The predicted molar refractivity (Wildman–Crippen MR) is 79.2 cm³/mol. The van der Waals surface area contributed by atoms with Crippen LogP contribution in [0.15, 0.2) is 30.6 Å². The molecule has 0 atom stereocenters. The van der Waals surface area contributed by atoms with Crippen LogP contribution < -0.4 is 5.32 Å². The molecule has 0 aliphatic rings. The van der Waals surface area contributed by atoms with Crippen molar-refractivity contribution in [2.24, 2.45) is 0 Å². The Morgan fingerprint density at radius 2 is 1.85 bits per heavy atom. The Bertz CT molecular complexity index is 564. The quantitative estimate of drug-likeness (QED) is 0.897. The third-order valence-corrected chi connectivity index (χ3v) is 3.30. The summed E-state index contributed by atoms with van der Waals surface area (Å²) in [5.41, 5.74) is 2.85. The molecule has 0 saturated carbocycles. The normalized spacial score (nSPS) is 10.8. The van der Waals surface area contributed by atoms with Gasteiger partial charge in [-0.05, 0) is 23.5 Å². The molecule has 106 valence electrons. The highest BCUT2D eigenvalue weighted by atomic mass is 19.1. The van der Waals surface area contributed by atoms with Gasteiger partial charge in [-0.15, -0.1) is 0 Å². The molecule has 0 saturated heterocycles. The molecule has 1 aromatic heterocycles. The van der Waals surface area contributed by atoms with Crippen LogP contribution in [-0.2, 0) is 13.0 Å². The molecule has 0 amide bonds. The number of benzene rings is 1. The molecule has 0 aliphatic carbocycles. The van der Waals surface area contributed by atoms with Crippen LogP contribution in [0.25, 0.3) is 0 Å². The lowest BCUT2D eigenvalue weighted by molar-refractivity contribution is 0.596. The highest BCUT2D eigenvalue weighted by molar-refractivity contribution is 5.38. The Labute approximate surface area is 119 Å². The topological polar surface area (TPSA) is 37.8 Å². The highest BCUT2D eigenvalue weighted by Crippen LogP contribution is 2.17. The number of anilines is 1. The summed E-state index contributed by atoms with van der Waals surface area (Å²) < 4.78 is 14.0. The molecule has 0 radical (unpaired) electrons. The number of aromatic nitrogens is 2. The molecular formula is C16H20FN3. The summed E-state index contributed by atoms with van der Waals surface area (Å²) >= 11 is 0. The second-order valence-corrected chi connectivity index (χ2v) is 5.09. The first kappa shape index (κ1) is 14.4. The van der Waals surface area contributed by atoms with Gasteiger partial charge in [0.05, 0.1) is 5.69 Å². The molecule has 0 spiro atoms. The molecule has 4 heteroatoms. The van der Waals surface area contributed by atoms with Crippen LogP contribution in [0.2, 0.25) is 0 Å². The average Bonchev–Trinajstić information content (AvgIpc) is 2.46. The minimum atomic E-state index is -0.353. The zero-order valence-corrected chi connectivity index (χ0v) is 12.2. The summed E-state index contributed by atoms with van der Waals surface area (Å²) in [5, 5.41) is 3.03. The molecule has 0 aliphatic heterocycles. The summed E-state index contributed by atoms with van der Waals surface area (Å²) in [4.78, 5) is 7.87. The summed E-state index contributed by atoms with van der Waals surface area (Å²) in [6.07, 6.45) is 1.96. The molecule has 0 fully saturated rings. The van der Waals surface area contributed by atoms with E-state index in [0.717, 1.165) is 5.56 Å². The number of halogens is 1. The number of hydrogen-bond acceptors (Lipinski definition) is 3. The maximum atomic E-state index is 14.0.